The first-order valence-corrected chi connectivity index (χ1v) is 13.6. The lowest BCUT2D eigenvalue weighted by atomic mass is 10.1. The van der Waals surface area contributed by atoms with Gasteiger partial charge in [0.15, 0.2) is 0 Å². The van der Waals surface area contributed by atoms with Gasteiger partial charge in [0.1, 0.15) is 5.75 Å². The van der Waals surface area contributed by atoms with Crippen molar-refractivity contribution in [2.45, 2.75) is 45.4 Å². The first kappa shape index (κ1) is 25.6. The average Bonchev–Trinajstić information content (AvgIpc) is 2.86. The average molecular weight is 481 g/mol. The highest BCUT2D eigenvalue weighted by Gasteiger charge is 2.13. The van der Waals surface area contributed by atoms with Crippen LogP contribution in [0.3, 0.4) is 0 Å². The standard InChI is InChI=1S/C28H36N2O3S/c1-4-5-6-7-8-12-23-34(31,32)33-28-21-19-27(20-22-28)30(3)26-17-15-25(16-18-26)29(2)24-13-10-9-11-14-24/h9-11,13-22H,4-8,12,23H2,1-3H3. The molecule has 0 aliphatic heterocycles. The van der Waals surface area contributed by atoms with Gasteiger partial charge >= 0.3 is 10.1 Å². The molecule has 0 aliphatic rings. The fourth-order valence-corrected chi connectivity index (χ4v) is 4.87. The van der Waals surface area contributed by atoms with Gasteiger partial charge in [-0.1, -0.05) is 57.2 Å². The Hall–Kier alpha value is -2.99. The minimum Gasteiger partial charge on any atom is -0.382 e. The fraction of sp³-hybridized carbons (Fsp3) is 0.357. The predicted molar refractivity (Wildman–Crippen MR) is 143 cm³/mol. The Morgan fingerprint density at radius 1 is 0.618 bits per heavy atom. The van der Waals surface area contributed by atoms with E-state index in [4.69, 9.17) is 4.18 Å². The minimum atomic E-state index is -3.57. The van der Waals surface area contributed by atoms with Crippen molar-refractivity contribution in [3.05, 3.63) is 78.9 Å². The highest BCUT2D eigenvalue weighted by atomic mass is 32.2. The van der Waals surface area contributed by atoms with E-state index < -0.39 is 10.1 Å². The number of nitrogens with zero attached hydrogens (tertiary/aromatic N) is 2. The molecule has 0 saturated heterocycles. The van der Waals surface area contributed by atoms with Gasteiger partial charge in [0.25, 0.3) is 0 Å². The Morgan fingerprint density at radius 3 is 1.59 bits per heavy atom. The third-order valence-corrected chi connectivity index (χ3v) is 7.20. The predicted octanol–water partition coefficient (Wildman–Crippen LogP) is 7.29. The minimum absolute atomic E-state index is 0.0601. The second-order valence-corrected chi connectivity index (χ2v) is 10.3. The highest BCUT2D eigenvalue weighted by Crippen LogP contribution is 2.29. The molecule has 0 aliphatic carbocycles. The summed E-state index contributed by atoms with van der Waals surface area (Å²) in [6.45, 7) is 2.17. The third kappa shape index (κ3) is 7.52. The molecular weight excluding hydrogens is 444 g/mol. The fourth-order valence-electron chi connectivity index (χ4n) is 3.82. The van der Waals surface area contributed by atoms with Crippen LogP contribution in [0.25, 0.3) is 0 Å². The zero-order valence-electron chi connectivity index (χ0n) is 20.5. The number of benzene rings is 3. The van der Waals surface area contributed by atoms with Crippen LogP contribution in [0, 0.1) is 0 Å². The molecule has 0 fully saturated rings. The molecule has 3 aromatic carbocycles. The molecule has 182 valence electrons. The van der Waals surface area contributed by atoms with Crippen LogP contribution < -0.4 is 14.0 Å². The lowest BCUT2D eigenvalue weighted by Crippen LogP contribution is -2.14. The Bertz CT molecular complexity index is 1100. The molecule has 0 aromatic heterocycles. The van der Waals surface area contributed by atoms with Gasteiger partial charge in [-0.05, 0) is 67.1 Å². The van der Waals surface area contributed by atoms with Gasteiger partial charge in [-0.15, -0.1) is 0 Å². The maximum absolute atomic E-state index is 12.3. The van der Waals surface area contributed by atoms with Crippen LogP contribution in [-0.2, 0) is 10.1 Å². The van der Waals surface area contributed by atoms with Crippen molar-refractivity contribution in [1.29, 1.82) is 0 Å². The third-order valence-electron chi connectivity index (χ3n) is 5.96. The first-order chi connectivity index (χ1) is 16.4. The summed E-state index contributed by atoms with van der Waals surface area (Å²) in [6.07, 6.45) is 6.20. The SMILES string of the molecule is CCCCCCCCS(=O)(=O)Oc1ccc(N(C)c2ccc(N(C)c3ccccc3)cc2)cc1. The van der Waals surface area contributed by atoms with Crippen molar-refractivity contribution in [1.82, 2.24) is 0 Å². The molecule has 0 heterocycles. The van der Waals surface area contributed by atoms with Crippen molar-refractivity contribution < 1.29 is 12.6 Å². The summed E-state index contributed by atoms with van der Waals surface area (Å²) in [5, 5.41) is 0. The zero-order valence-corrected chi connectivity index (χ0v) is 21.3. The smallest absolute Gasteiger partial charge is 0.309 e. The van der Waals surface area contributed by atoms with Gasteiger partial charge < -0.3 is 14.0 Å². The lowest BCUT2D eigenvalue weighted by molar-refractivity contribution is 0.481. The van der Waals surface area contributed by atoms with E-state index in [0.717, 1.165) is 35.6 Å². The van der Waals surface area contributed by atoms with Crippen LogP contribution in [0.2, 0.25) is 0 Å². The van der Waals surface area contributed by atoms with E-state index in [1.54, 1.807) is 12.1 Å². The zero-order chi connectivity index (χ0) is 24.4. The van der Waals surface area contributed by atoms with Crippen molar-refractivity contribution in [3.8, 4) is 5.75 Å². The molecule has 0 unspecified atom stereocenters. The lowest BCUT2D eigenvalue weighted by Gasteiger charge is -2.23. The molecule has 6 heteroatoms. The van der Waals surface area contributed by atoms with Crippen molar-refractivity contribution in [3.63, 3.8) is 0 Å². The van der Waals surface area contributed by atoms with Gasteiger partial charge in [-0.25, -0.2) is 0 Å². The van der Waals surface area contributed by atoms with Gasteiger partial charge in [-0.2, -0.15) is 8.42 Å². The maximum Gasteiger partial charge on any atom is 0.309 e. The second-order valence-electron chi connectivity index (χ2n) is 8.58. The summed E-state index contributed by atoms with van der Waals surface area (Å²) in [6, 6.07) is 25.7. The van der Waals surface area contributed by atoms with Crippen molar-refractivity contribution in [2.24, 2.45) is 0 Å². The molecule has 5 nitrogen and oxygen atoms in total. The van der Waals surface area contributed by atoms with E-state index >= 15 is 0 Å². The summed E-state index contributed by atoms with van der Waals surface area (Å²) >= 11 is 0. The number of anilines is 4. The van der Waals surface area contributed by atoms with Crippen molar-refractivity contribution in [2.75, 3.05) is 29.6 Å². The van der Waals surface area contributed by atoms with Crippen LogP contribution in [0.4, 0.5) is 22.7 Å². The van der Waals surface area contributed by atoms with Crippen LogP contribution in [0.15, 0.2) is 78.9 Å². The number of rotatable bonds is 13. The molecule has 0 N–H and O–H groups in total. The molecule has 0 radical (unpaired) electrons. The Balaban J connectivity index is 1.55. The van der Waals surface area contributed by atoms with Crippen LogP contribution >= 0.6 is 0 Å². The Kier molecular flexibility index (Phi) is 9.40. The molecule has 0 atom stereocenters. The quantitative estimate of drug-likeness (QED) is 0.190. The Morgan fingerprint density at radius 2 is 1.06 bits per heavy atom. The molecule has 0 spiro atoms. The molecule has 3 aromatic rings. The number of para-hydroxylation sites is 1. The van der Waals surface area contributed by atoms with Crippen LogP contribution in [0.1, 0.15) is 45.4 Å². The molecule has 0 amide bonds. The van der Waals surface area contributed by atoms with E-state index in [-0.39, 0.29) is 5.75 Å². The topological polar surface area (TPSA) is 49.9 Å². The Labute approximate surface area is 205 Å². The van der Waals surface area contributed by atoms with E-state index in [0.29, 0.717) is 12.2 Å². The summed E-state index contributed by atoms with van der Waals surface area (Å²) in [4.78, 5) is 4.20. The highest BCUT2D eigenvalue weighted by molar-refractivity contribution is 7.87. The number of hydrogen-bond acceptors (Lipinski definition) is 5. The van der Waals surface area contributed by atoms with E-state index in [2.05, 4.69) is 53.1 Å². The molecular formula is C28H36N2O3S. The second kappa shape index (κ2) is 12.5. The largest absolute Gasteiger partial charge is 0.382 e. The number of unbranched alkanes of at least 4 members (excludes halogenated alkanes) is 5. The first-order valence-electron chi connectivity index (χ1n) is 12.0. The summed E-state index contributed by atoms with van der Waals surface area (Å²) < 4.78 is 29.9. The van der Waals surface area contributed by atoms with Crippen molar-refractivity contribution >= 4 is 32.9 Å². The van der Waals surface area contributed by atoms with Gasteiger partial charge in [0, 0.05) is 36.8 Å². The summed E-state index contributed by atoms with van der Waals surface area (Å²) in [5.74, 6) is 0.410. The summed E-state index contributed by atoms with van der Waals surface area (Å²) in [7, 11) is 0.469. The molecule has 3 rings (SSSR count). The molecule has 0 bridgehead atoms. The van der Waals surface area contributed by atoms with Gasteiger partial charge in [-0.3, -0.25) is 0 Å². The van der Waals surface area contributed by atoms with Gasteiger partial charge in [0.05, 0.1) is 5.75 Å². The molecule has 34 heavy (non-hydrogen) atoms. The van der Waals surface area contributed by atoms with E-state index in [1.165, 1.54) is 19.3 Å². The molecule has 0 saturated carbocycles. The van der Waals surface area contributed by atoms with Gasteiger partial charge in [0.2, 0.25) is 0 Å². The summed E-state index contributed by atoms with van der Waals surface area (Å²) in [5.41, 5.74) is 4.22. The maximum atomic E-state index is 12.3. The number of hydrogen-bond donors (Lipinski definition) is 0. The normalized spacial score (nSPS) is 11.3. The van der Waals surface area contributed by atoms with Crippen LogP contribution in [0.5, 0.6) is 5.75 Å². The van der Waals surface area contributed by atoms with Crippen LogP contribution in [-0.4, -0.2) is 28.3 Å². The monoisotopic (exact) mass is 480 g/mol. The van der Waals surface area contributed by atoms with E-state index in [9.17, 15) is 8.42 Å². The van der Waals surface area contributed by atoms with E-state index in [1.807, 2.05) is 44.4 Å².